The molecule has 0 heterocycles. The smallest absolute Gasteiger partial charge is 0.314 e. The van der Waals surface area contributed by atoms with Crippen molar-refractivity contribution in [2.24, 2.45) is 5.92 Å². The predicted octanol–water partition coefficient (Wildman–Crippen LogP) is 2.65. The monoisotopic (exact) mass is 252 g/mol. The van der Waals surface area contributed by atoms with Crippen molar-refractivity contribution in [2.45, 2.75) is 51.4 Å². The molecule has 102 valence electrons. The second-order valence-electron chi connectivity index (χ2n) is 5.25. The second kappa shape index (κ2) is 6.05. The van der Waals surface area contributed by atoms with Gasteiger partial charge in [0.2, 0.25) is 0 Å². The first-order valence-corrected chi connectivity index (χ1v) is 6.30. The first-order chi connectivity index (χ1) is 7.79. The van der Waals surface area contributed by atoms with Crippen LogP contribution in [0.15, 0.2) is 0 Å². The maximum atomic E-state index is 12.1. The first-order valence-electron chi connectivity index (χ1n) is 6.30. The van der Waals surface area contributed by atoms with Crippen molar-refractivity contribution in [3.8, 4) is 0 Å². The van der Waals surface area contributed by atoms with E-state index >= 15 is 0 Å². The molecule has 1 aliphatic rings. The van der Waals surface area contributed by atoms with Gasteiger partial charge in [0.25, 0.3) is 0 Å². The number of nitrogens with one attached hydrogen (secondary N) is 1. The molecule has 0 aromatic carbocycles. The van der Waals surface area contributed by atoms with E-state index in [0.717, 1.165) is 6.54 Å². The highest BCUT2D eigenvalue weighted by Gasteiger charge is 2.29. The summed E-state index contributed by atoms with van der Waals surface area (Å²) in [6.45, 7) is 5.06. The standard InChI is InChI=1S/C12H23F3N2/c1-9(8-16-11-4-5-11)10(2)17(3)7-6-12(13,14)15/h9-11,16H,4-8H2,1-3H3. The minimum absolute atomic E-state index is 0.0818. The summed E-state index contributed by atoms with van der Waals surface area (Å²) in [5.74, 6) is 0.369. The minimum Gasteiger partial charge on any atom is -0.314 e. The number of rotatable bonds is 7. The Hall–Kier alpha value is -0.290. The molecule has 2 atom stereocenters. The molecule has 1 aliphatic carbocycles. The number of halogens is 3. The van der Waals surface area contributed by atoms with Crippen LogP contribution in [-0.2, 0) is 0 Å². The summed E-state index contributed by atoms with van der Waals surface area (Å²) in [6.07, 6.45) is -2.30. The topological polar surface area (TPSA) is 15.3 Å². The second-order valence-corrected chi connectivity index (χ2v) is 5.25. The Morgan fingerprint density at radius 2 is 1.88 bits per heavy atom. The van der Waals surface area contributed by atoms with Crippen molar-refractivity contribution in [3.63, 3.8) is 0 Å². The third-order valence-electron chi connectivity index (χ3n) is 3.57. The van der Waals surface area contributed by atoms with Gasteiger partial charge in [0, 0.05) is 18.6 Å². The Morgan fingerprint density at radius 3 is 2.35 bits per heavy atom. The molecular formula is C12H23F3N2. The SMILES string of the molecule is CC(CNC1CC1)C(C)N(C)CCC(F)(F)F. The van der Waals surface area contributed by atoms with Gasteiger partial charge in [-0.05, 0) is 39.3 Å². The van der Waals surface area contributed by atoms with Gasteiger partial charge in [0.15, 0.2) is 0 Å². The van der Waals surface area contributed by atoms with Crippen LogP contribution in [0, 0.1) is 5.92 Å². The lowest BCUT2D eigenvalue weighted by atomic mass is 10.0. The number of hydrogen-bond donors (Lipinski definition) is 1. The Kier molecular flexibility index (Phi) is 5.25. The van der Waals surface area contributed by atoms with Gasteiger partial charge in [-0.15, -0.1) is 0 Å². The number of alkyl halides is 3. The maximum Gasteiger partial charge on any atom is 0.390 e. The molecule has 17 heavy (non-hydrogen) atoms. The van der Waals surface area contributed by atoms with Gasteiger partial charge in [-0.3, -0.25) is 0 Å². The lowest BCUT2D eigenvalue weighted by Gasteiger charge is -2.30. The highest BCUT2D eigenvalue weighted by atomic mass is 19.4. The minimum atomic E-state index is -4.05. The highest BCUT2D eigenvalue weighted by molar-refractivity contribution is 4.83. The summed E-state index contributed by atoms with van der Waals surface area (Å²) < 4.78 is 36.3. The third kappa shape index (κ3) is 6.27. The average molecular weight is 252 g/mol. The zero-order chi connectivity index (χ0) is 13.1. The summed E-state index contributed by atoms with van der Waals surface area (Å²) in [4.78, 5) is 1.80. The largest absolute Gasteiger partial charge is 0.390 e. The van der Waals surface area contributed by atoms with Crippen molar-refractivity contribution in [2.75, 3.05) is 20.1 Å². The van der Waals surface area contributed by atoms with Crippen molar-refractivity contribution >= 4 is 0 Å². The molecule has 1 rings (SSSR count). The molecule has 2 nitrogen and oxygen atoms in total. The van der Waals surface area contributed by atoms with Crippen LogP contribution in [0.3, 0.4) is 0 Å². The number of hydrogen-bond acceptors (Lipinski definition) is 2. The molecule has 0 bridgehead atoms. The molecule has 0 aliphatic heterocycles. The van der Waals surface area contributed by atoms with Crippen LogP contribution in [0.5, 0.6) is 0 Å². The summed E-state index contributed by atoms with van der Waals surface area (Å²) >= 11 is 0. The van der Waals surface area contributed by atoms with Gasteiger partial charge in [0.1, 0.15) is 0 Å². The highest BCUT2D eigenvalue weighted by Crippen LogP contribution is 2.22. The summed E-state index contributed by atoms with van der Waals surface area (Å²) in [6, 6.07) is 0.828. The Balaban J connectivity index is 2.20. The van der Waals surface area contributed by atoms with Crippen molar-refractivity contribution in [1.82, 2.24) is 10.2 Å². The first kappa shape index (κ1) is 14.8. The van der Waals surface area contributed by atoms with Gasteiger partial charge in [-0.25, -0.2) is 0 Å². The van der Waals surface area contributed by atoms with E-state index in [1.165, 1.54) is 12.8 Å². The van der Waals surface area contributed by atoms with Crippen LogP contribution in [0.4, 0.5) is 13.2 Å². The van der Waals surface area contributed by atoms with Crippen LogP contribution < -0.4 is 5.32 Å². The van der Waals surface area contributed by atoms with Crippen LogP contribution in [0.2, 0.25) is 0 Å². The molecule has 5 heteroatoms. The molecule has 0 amide bonds. The quantitative estimate of drug-likeness (QED) is 0.749. The van der Waals surface area contributed by atoms with E-state index in [4.69, 9.17) is 0 Å². The fraction of sp³-hybridized carbons (Fsp3) is 1.00. The normalized spacial score (nSPS) is 20.6. The van der Waals surface area contributed by atoms with E-state index in [2.05, 4.69) is 12.2 Å². The molecule has 2 unspecified atom stereocenters. The molecule has 0 aromatic heterocycles. The molecular weight excluding hydrogens is 229 g/mol. The predicted molar refractivity (Wildman–Crippen MR) is 63.0 cm³/mol. The fourth-order valence-electron chi connectivity index (χ4n) is 1.75. The van der Waals surface area contributed by atoms with Crippen LogP contribution in [-0.4, -0.2) is 43.3 Å². The molecule has 1 saturated carbocycles. The maximum absolute atomic E-state index is 12.1. The average Bonchev–Trinajstić information content (AvgIpc) is 3.04. The molecule has 0 spiro atoms. The lowest BCUT2D eigenvalue weighted by molar-refractivity contribution is -0.138. The van der Waals surface area contributed by atoms with E-state index in [1.807, 2.05) is 6.92 Å². The van der Waals surface area contributed by atoms with E-state index in [1.54, 1.807) is 11.9 Å². The Labute approximate surface area is 102 Å². The van der Waals surface area contributed by atoms with E-state index in [9.17, 15) is 13.2 Å². The zero-order valence-electron chi connectivity index (χ0n) is 10.8. The van der Waals surface area contributed by atoms with E-state index in [-0.39, 0.29) is 12.6 Å². The van der Waals surface area contributed by atoms with Gasteiger partial charge in [-0.1, -0.05) is 6.92 Å². The van der Waals surface area contributed by atoms with Gasteiger partial charge < -0.3 is 10.2 Å². The Bertz CT molecular complexity index is 226. The Morgan fingerprint density at radius 1 is 1.29 bits per heavy atom. The molecule has 0 radical (unpaired) electrons. The molecule has 1 fully saturated rings. The number of nitrogens with zero attached hydrogens (tertiary/aromatic N) is 1. The zero-order valence-corrected chi connectivity index (χ0v) is 10.8. The molecule has 0 aromatic rings. The molecule has 0 saturated heterocycles. The van der Waals surface area contributed by atoms with Gasteiger partial charge in [0.05, 0.1) is 6.42 Å². The lowest BCUT2D eigenvalue weighted by Crippen LogP contribution is -2.40. The third-order valence-corrected chi connectivity index (χ3v) is 3.57. The van der Waals surface area contributed by atoms with Crippen LogP contribution >= 0.6 is 0 Å². The van der Waals surface area contributed by atoms with E-state index in [0.29, 0.717) is 12.0 Å². The fourth-order valence-corrected chi connectivity index (χ4v) is 1.75. The summed E-state index contributed by atoms with van der Waals surface area (Å²) in [5, 5.41) is 3.42. The van der Waals surface area contributed by atoms with Crippen LogP contribution in [0.25, 0.3) is 0 Å². The van der Waals surface area contributed by atoms with Crippen LogP contribution in [0.1, 0.15) is 33.1 Å². The summed E-state index contributed by atoms with van der Waals surface area (Å²) in [5.41, 5.74) is 0. The van der Waals surface area contributed by atoms with Gasteiger partial charge in [-0.2, -0.15) is 13.2 Å². The van der Waals surface area contributed by atoms with Crippen molar-refractivity contribution in [3.05, 3.63) is 0 Å². The van der Waals surface area contributed by atoms with Crippen molar-refractivity contribution in [1.29, 1.82) is 0 Å². The van der Waals surface area contributed by atoms with E-state index < -0.39 is 12.6 Å². The van der Waals surface area contributed by atoms with Crippen molar-refractivity contribution < 1.29 is 13.2 Å². The summed E-state index contributed by atoms with van der Waals surface area (Å²) in [7, 11) is 1.77. The molecule has 1 N–H and O–H groups in total. The van der Waals surface area contributed by atoms with Gasteiger partial charge >= 0.3 is 6.18 Å².